The Balaban J connectivity index is 2.67. The molecule has 82 valence electrons. The smallest absolute Gasteiger partial charge is 0.332 e. The van der Waals surface area contributed by atoms with E-state index in [0.29, 0.717) is 0 Å². The number of hydrogen-bond donors (Lipinski definition) is 2. The highest BCUT2D eigenvalue weighted by Crippen LogP contribution is 2.20. The fourth-order valence-electron chi connectivity index (χ4n) is 0.848. The first-order valence-corrected chi connectivity index (χ1v) is 3.78. The Morgan fingerprint density at radius 3 is 3.07 bits per heavy atom. The van der Waals surface area contributed by atoms with Crippen LogP contribution in [0.5, 0.6) is 0 Å². The Kier molecular flexibility index (Phi) is 3.18. The van der Waals surface area contributed by atoms with E-state index in [0.717, 1.165) is 0 Å². The van der Waals surface area contributed by atoms with Gasteiger partial charge < -0.3 is 5.11 Å². The Morgan fingerprint density at radius 1 is 1.87 bits per heavy atom. The van der Waals surface area contributed by atoms with Gasteiger partial charge in [-0.2, -0.15) is 0 Å². The third kappa shape index (κ3) is 2.91. The van der Waals surface area contributed by atoms with Crippen LogP contribution in [0.1, 0.15) is 0 Å². The summed E-state index contributed by atoms with van der Waals surface area (Å²) in [6.45, 7) is -0.617. The zero-order valence-corrected chi connectivity index (χ0v) is 7.71. The van der Waals surface area contributed by atoms with Gasteiger partial charge in [0.25, 0.3) is 0 Å². The molecule has 1 aromatic heterocycles. The second-order valence-electron chi connectivity index (χ2n) is 2.58. The molecule has 0 atom stereocenters. The molecule has 0 amide bonds. The van der Waals surface area contributed by atoms with E-state index >= 15 is 0 Å². The first-order chi connectivity index (χ1) is 7.00. The normalized spacial score (nSPS) is 9.93. The van der Waals surface area contributed by atoms with Crippen LogP contribution in [-0.4, -0.2) is 32.4 Å². The Morgan fingerprint density at radius 2 is 2.53 bits per heavy atom. The van der Waals surface area contributed by atoms with E-state index in [9.17, 15) is 14.9 Å². The summed E-state index contributed by atoms with van der Waals surface area (Å²) >= 11 is 0. The highest BCUT2D eigenvalue weighted by Gasteiger charge is 2.18. The number of carboxylic acids is 1. The molecule has 9 nitrogen and oxygen atoms in total. The number of anilines is 1. The fourth-order valence-corrected chi connectivity index (χ4v) is 0.848. The summed E-state index contributed by atoms with van der Waals surface area (Å²) in [4.78, 5) is 24.4. The summed E-state index contributed by atoms with van der Waals surface area (Å²) in [6.07, 6.45) is 1.17. The Hall–Kier alpha value is -2.16. The molecule has 1 aromatic rings. The molecule has 0 aromatic carbocycles. The molecular formula is C6H8N4O5. The molecule has 1 heterocycles. The molecule has 1 rings (SSSR count). The predicted octanol–water partition coefficient (Wildman–Crippen LogP) is -0.244. The lowest BCUT2D eigenvalue weighted by atomic mass is 10.5. The zero-order chi connectivity index (χ0) is 11.4. The molecule has 0 aliphatic rings. The summed E-state index contributed by atoms with van der Waals surface area (Å²) in [7, 11) is 1.50. The summed E-state index contributed by atoms with van der Waals surface area (Å²) in [5.41, 5.74) is 1.80. The second kappa shape index (κ2) is 4.37. The molecule has 9 heteroatoms. The number of nitro groups is 1. The van der Waals surface area contributed by atoms with E-state index in [1.54, 1.807) is 0 Å². The Labute approximate surface area is 83.4 Å². The van der Waals surface area contributed by atoms with Crippen LogP contribution in [0.2, 0.25) is 0 Å². The first-order valence-electron chi connectivity index (χ1n) is 3.78. The Bertz CT molecular complexity index is 387. The molecule has 0 unspecified atom stereocenters. The van der Waals surface area contributed by atoms with Gasteiger partial charge in [0.15, 0.2) is 6.61 Å². The van der Waals surface area contributed by atoms with Crippen molar-refractivity contribution in [2.24, 2.45) is 7.05 Å². The number of carboxylic acid groups (broad SMARTS) is 1. The molecule has 0 saturated heterocycles. The van der Waals surface area contributed by atoms with Gasteiger partial charge in [-0.15, -0.1) is 5.10 Å². The second-order valence-corrected chi connectivity index (χ2v) is 2.58. The van der Waals surface area contributed by atoms with Crippen LogP contribution >= 0.6 is 0 Å². The van der Waals surface area contributed by atoms with Gasteiger partial charge >= 0.3 is 11.7 Å². The number of nitrogens with one attached hydrogen (secondary N) is 1. The van der Waals surface area contributed by atoms with E-state index in [2.05, 4.69) is 15.4 Å². The number of carbonyl (C=O) groups is 1. The summed E-state index contributed by atoms with van der Waals surface area (Å²) in [5, 5.41) is 22.4. The van der Waals surface area contributed by atoms with Crippen LogP contribution in [0.15, 0.2) is 6.20 Å². The van der Waals surface area contributed by atoms with Gasteiger partial charge in [-0.25, -0.2) is 10.3 Å². The fraction of sp³-hybridized carbons (Fsp3) is 0.333. The van der Waals surface area contributed by atoms with Crippen LogP contribution in [0.3, 0.4) is 0 Å². The predicted molar refractivity (Wildman–Crippen MR) is 47.1 cm³/mol. The number of aryl methyl sites for hydroxylation is 1. The van der Waals surface area contributed by atoms with Gasteiger partial charge in [0, 0.05) is 7.05 Å². The van der Waals surface area contributed by atoms with Crippen LogP contribution in [0, 0.1) is 10.1 Å². The summed E-state index contributed by atoms with van der Waals surface area (Å²) in [6, 6.07) is 0. The van der Waals surface area contributed by atoms with Gasteiger partial charge in [-0.05, 0) is 0 Å². The standard InChI is InChI=1S/C6H8N4O5/c1-9-2-4(10(13)14)6(7-9)8-15-3-5(11)12/h2H,3H2,1H3,(H,7,8)(H,11,12). The van der Waals surface area contributed by atoms with Gasteiger partial charge in [-0.1, -0.05) is 0 Å². The third-order valence-electron chi connectivity index (χ3n) is 1.37. The first kappa shape index (κ1) is 10.9. The highest BCUT2D eigenvalue weighted by molar-refractivity contribution is 5.68. The number of nitrogens with zero attached hydrogens (tertiary/aromatic N) is 3. The number of aromatic nitrogens is 2. The summed E-state index contributed by atoms with van der Waals surface area (Å²) in [5.74, 6) is -1.33. The molecule has 0 saturated carbocycles. The SMILES string of the molecule is Cn1cc([N+](=O)[O-])c(NOCC(=O)O)n1. The minimum absolute atomic E-state index is 0.135. The maximum Gasteiger partial charge on any atom is 0.332 e. The van der Waals surface area contributed by atoms with Gasteiger partial charge in [-0.3, -0.25) is 19.6 Å². The lowest BCUT2D eigenvalue weighted by Crippen LogP contribution is -2.12. The van der Waals surface area contributed by atoms with Crippen molar-refractivity contribution < 1.29 is 19.7 Å². The van der Waals surface area contributed by atoms with E-state index < -0.39 is 17.5 Å². The monoisotopic (exact) mass is 216 g/mol. The number of hydrogen-bond acceptors (Lipinski definition) is 6. The van der Waals surface area contributed by atoms with Crippen molar-refractivity contribution in [3.63, 3.8) is 0 Å². The average molecular weight is 216 g/mol. The van der Waals surface area contributed by atoms with Gasteiger partial charge in [0.2, 0.25) is 5.82 Å². The molecule has 0 spiro atoms. The van der Waals surface area contributed by atoms with Crippen molar-refractivity contribution >= 4 is 17.5 Å². The molecule has 0 radical (unpaired) electrons. The summed E-state index contributed by atoms with van der Waals surface area (Å²) < 4.78 is 1.21. The van der Waals surface area contributed by atoms with E-state index in [-0.39, 0.29) is 11.5 Å². The minimum Gasteiger partial charge on any atom is -0.479 e. The quantitative estimate of drug-likeness (QED) is 0.514. The van der Waals surface area contributed by atoms with Crippen molar-refractivity contribution in [1.29, 1.82) is 0 Å². The van der Waals surface area contributed by atoms with Crippen molar-refractivity contribution in [3.05, 3.63) is 16.3 Å². The molecule has 0 aliphatic heterocycles. The molecule has 0 aliphatic carbocycles. The van der Waals surface area contributed by atoms with Crippen LogP contribution in [0.4, 0.5) is 11.5 Å². The van der Waals surface area contributed by atoms with Crippen molar-refractivity contribution in [3.8, 4) is 0 Å². The van der Waals surface area contributed by atoms with Crippen molar-refractivity contribution in [2.45, 2.75) is 0 Å². The number of aliphatic carboxylic acids is 1. The van der Waals surface area contributed by atoms with Crippen LogP contribution < -0.4 is 5.48 Å². The molecule has 0 bridgehead atoms. The van der Waals surface area contributed by atoms with Gasteiger partial charge in [0.05, 0.1) is 4.92 Å². The van der Waals surface area contributed by atoms with Gasteiger partial charge in [0.1, 0.15) is 6.20 Å². The van der Waals surface area contributed by atoms with Crippen LogP contribution in [-0.2, 0) is 16.7 Å². The zero-order valence-electron chi connectivity index (χ0n) is 7.71. The third-order valence-corrected chi connectivity index (χ3v) is 1.37. The topological polar surface area (TPSA) is 120 Å². The minimum atomic E-state index is -1.19. The lowest BCUT2D eigenvalue weighted by molar-refractivity contribution is -0.384. The number of rotatable bonds is 5. The van der Waals surface area contributed by atoms with Crippen LogP contribution in [0.25, 0.3) is 0 Å². The molecule has 0 fully saturated rings. The van der Waals surface area contributed by atoms with E-state index in [4.69, 9.17) is 5.11 Å². The molecule has 2 N–H and O–H groups in total. The van der Waals surface area contributed by atoms with E-state index in [1.165, 1.54) is 17.9 Å². The van der Waals surface area contributed by atoms with Crippen molar-refractivity contribution in [1.82, 2.24) is 9.78 Å². The molecule has 15 heavy (non-hydrogen) atoms. The lowest BCUT2D eigenvalue weighted by Gasteiger charge is -1.99. The molecular weight excluding hydrogens is 208 g/mol. The van der Waals surface area contributed by atoms with E-state index in [1.807, 2.05) is 0 Å². The highest BCUT2D eigenvalue weighted by atomic mass is 16.7. The van der Waals surface area contributed by atoms with Crippen molar-refractivity contribution in [2.75, 3.05) is 12.1 Å². The maximum absolute atomic E-state index is 10.5. The average Bonchev–Trinajstić information content (AvgIpc) is 2.46. The maximum atomic E-state index is 10.5. The largest absolute Gasteiger partial charge is 0.479 e.